The first-order chi connectivity index (χ1) is 10.4. The molecule has 2 aromatic rings. The fourth-order valence-electron chi connectivity index (χ4n) is 3.12. The Morgan fingerprint density at radius 2 is 1.95 bits per heavy atom. The van der Waals surface area contributed by atoms with Gasteiger partial charge in [-0.1, -0.05) is 24.6 Å². The van der Waals surface area contributed by atoms with Gasteiger partial charge in [0, 0.05) is 6.20 Å². The minimum atomic E-state index is 0.577. The second kappa shape index (κ2) is 6.87. The Morgan fingerprint density at radius 1 is 1.14 bits per heavy atom. The average Bonchev–Trinajstić information content (AvgIpc) is 3.17. The monoisotopic (exact) mass is 285 g/mol. The molecule has 1 aliphatic rings. The Hall–Kier alpha value is -1.65. The third-order valence-electron chi connectivity index (χ3n) is 4.37. The van der Waals surface area contributed by atoms with E-state index in [2.05, 4.69) is 5.10 Å². The molecule has 2 unspecified atom stereocenters. The molecule has 21 heavy (non-hydrogen) atoms. The number of nitrogens with zero attached hydrogens (tertiary/aromatic N) is 2. The van der Waals surface area contributed by atoms with Crippen LogP contribution in [0, 0.1) is 11.8 Å². The Bertz CT molecular complexity index is 552. The summed E-state index contributed by atoms with van der Waals surface area (Å²) in [5, 5.41) is 4.55. The van der Waals surface area contributed by atoms with Crippen molar-refractivity contribution in [1.82, 2.24) is 9.78 Å². The third kappa shape index (κ3) is 3.52. The highest BCUT2D eigenvalue weighted by Gasteiger charge is 2.25. The van der Waals surface area contributed by atoms with E-state index in [1.807, 2.05) is 47.3 Å². The van der Waals surface area contributed by atoms with Crippen LogP contribution in [0.15, 0.2) is 42.6 Å². The summed E-state index contributed by atoms with van der Waals surface area (Å²) < 4.78 is 7.74. The highest BCUT2D eigenvalue weighted by molar-refractivity contribution is 5.30. The van der Waals surface area contributed by atoms with E-state index in [0.717, 1.165) is 24.5 Å². The van der Waals surface area contributed by atoms with Gasteiger partial charge in [0.15, 0.2) is 0 Å². The number of para-hydroxylation sites is 1. The number of aromatic nitrogens is 2. The van der Waals surface area contributed by atoms with Crippen molar-refractivity contribution >= 4 is 0 Å². The molecule has 0 radical (unpaired) electrons. The van der Waals surface area contributed by atoms with Crippen LogP contribution in [-0.4, -0.2) is 22.9 Å². The molecule has 1 saturated carbocycles. The Labute approximate surface area is 125 Å². The van der Waals surface area contributed by atoms with Crippen LogP contribution >= 0.6 is 0 Å². The van der Waals surface area contributed by atoms with E-state index in [1.165, 1.54) is 19.3 Å². The number of nitrogens with two attached hydrogens (primary N) is 1. The van der Waals surface area contributed by atoms with Crippen LogP contribution in [0.4, 0.5) is 0 Å². The van der Waals surface area contributed by atoms with Crippen molar-refractivity contribution in [3.63, 3.8) is 0 Å². The van der Waals surface area contributed by atoms with Crippen LogP contribution in [-0.2, 0) is 11.3 Å². The second-order valence-electron chi connectivity index (χ2n) is 5.79. The largest absolute Gasteiger partial charge is 0.375 e. The number of hydrogen-bond acceptors (Lipinski definition) is 3. The average molecular weight is 285 g/mol. The summed E-state index contributed by atoms with van der Waals surface area (Å²) in [5.74, 6) is 1.28. The van der Waals surface area contributed by atoms with Gasteiger partial charge in [-0.2, -0.15) is 5.10 Å². The third-order valence-corrected chi connectivity index (χ3v) is 4.37. The smallest absolute Gasteiger partial charge is 0.0906 e. The first kappa shape index (κ1) is 14.3. The summed E-state index contributed by atoms with van der Waals surface area (Å²) >= 11 is 0. The summed E-state index contributed by atoms with van der Waals surface area (Å²) in [7, 11) is 0. The molecular formula is C17H23N3O. The van der Waals surface area contributed by atoms with Gasteiger partial charge >= 0.3 is 0 Å². The van der Waals surface area contributed by atoms with Gasteiger partial charge in [0.05, 0.1) is 24.6 Å². The van der Waals surface area contributed by atoms with E-state index >= 15 is 0 Å². The topological polar surface area (TPSA) is 53.1 Å². The van der Waals surface area contributed by atoms with Gasteiger partial charge in [-0.25, -0.2) is 4.68 Å². The molecule has 1 fully saturated rings. The van der Waals surface area contributed by atoms with E-state index in [4.69, 9.17) is 10.5 Å². The van der Waals surface area contributed by atoms with Crippen LogP contribution in [0.2, 0.25) is 0 Å². The highest BCUT2D eigenvalue weighted by Crippen LogP contribution is 2.31. The lowest BCUT2D eigenvalue weighted by atomic mass is 9.97. The molecule has 3 rings (SSSR count). The van der Waals surface area contributed by atoms with Crippen molar-refractivity contribution < 1.29 is 4.74 Å². The van der Waals surface area contributed by atoms with Crippen molar-refractivity contribution in [1.29, 1.82) is 0 Å². The summed E-state index contributed by atoms with van der Waals surface area (Å²) in [4.78, 5) is 0. The predicted molar refractivity (Wildman–Crippen MR) is 83.1 cm³/mol. The number of hydrogen-bond donors (Lipinski definition) is 1. The molecule has 112 valence electrons. The maximum atomic E-state index is 5.85. The van der Waals surface area contributed by atoms with Crippen LogP contribution in [0.1, 0.15) is 25.0 Å². The van der Waals surface area contributed by atoms with Crippen molar-refractivity contribution in [3.8, 4) is 5.69 Å². The highest BCUT2D eigenvalue weighted by atomic mass is 16.5. The lowest BCUT2D eigenvalue weighted by Gasteiger charge is -2.17. The molecule has 2 N–H and O–H groups in total. The molecular weight excluding hydrogens is 262 g/mol. The van der Waals surface area contributed by atoms with Crippen molar-refractivity contribution in [2.75, 3.05) is 13.2 Å². The van der Waals surface area contributed by atoms with Crippen molar-refractivity contribution in [2.45, 2.75) is 25.9 Å². The molecule has 1 heterocycles. The standard InChI is InChI=1S/C17H23N3O/c18-11-14-5-4-6-15(14)12-21-13-16-9-10-20(19-16)17-7-2-1-3-8-17/h1-3,7-10,14-15H,4-6,11-13,18H2. The molecule has 1 aromatic heterocycles. The minimum Gasteiger partial charge on any atom is -0.375 e. The molecule has 0 bridgehead atoms. The van der Waals surface area contributed by atoms with E-state index in [0.29, 0.717) is 18.4 Å². The van der Waals surface area contributed by atoms with Gasteiger partial charge in [-0.15, -0.1) is 0 Å². The SMILES string of the molecule is NCC1CCCC1COCc1ccn(-c2ccccc2)n1. The summed E-state index contributed by atoms with van der Waals surface area (Å²) in [6.07, 6.45) is 5.78. The molecule has 4 nitrogen and oxygen atoms in total. The molecule has 0 saturated heterocycles. The van der Waals surface area contributed by atoms with Crippen LogP contribution < -0.4 is 5.73 Å². The van der Waals surface area contributed by atoms with Gasteiger partial charge in [0.2, 0.25) is 0 Å². The van der Waals surface area contributed by atoms with Crippen molar-refractivity contribution in [2.24, 2.45) is 17.6 Å². The maximum absolute atomic E-state index is 5.85. The van der Waals surface area contributed by atoms with Crippen LogP contribution in [0.5, 0.6) is 0 Å². The minimum absolute atomic E-state index is 0.577. The summed E-state index contributed by atoms with van der Waals surface area (Å²) in [6, 6.07) is 12.1. The fraction of sp³-hybridized carbons (Fsp3) is 0.471. The van der Waals surface area contributed by atoms with E-state index in [1.54, 1.807) is 0 Å². The molecule has 1 aromatic carbocycles. The second-order valence-corrected chi connectivity index (χ2v) is 5.79. The van der Waals surface area contributed by atoms with Gasteiger partial charge in [-0.05, 0) is 49.4 Å². The van der Waals surface area contributed by atoms with Crippen molar-refractivity contribution in [3.05, 3.63) is 48.3 Å². The zero-order chi connectivity index (χ0) is 14.5. The number of rotatable bonds is 6. The zero-order valence-electron chi connectivity index (χ0n) is 12.3. The molecule has 4 heteroatoms. The quantitative estimate of drug-likeness (QED) is 0.888. The van der Waals surface area contributed by atoms with Gasteiger partial charge in [0.1, 0.15) is 0 Å². The van der Waals surface area contributed by atoms with E-state index < -0.39 is 0 Å². The Morgan fingerprint density at radius 3 is 2.76 bits per heavy atom. The van der Waals surface area contributed by atoms with E-state index in [-0.39, 0.29) is 0 Å². The Balaban J connectivity index is 1.51. The fourth-order valence-corrected chi connectivity index (χ4v) is 3.12. The molecule has 0 aliphatic heterocycles. The Kier molecular flexibility index (Phi) is 4.68. The maximum Gasteiger partial charge on any atom is 0.0906 e. The van der Waals surface area contributed by atoms with E-state index in [9.17, 15) is 0 Å². The predicted octanol–water partition coefficient (Wildman–Crippen LogP) is 2.76. The first-order valence-electron chi connectivity index (χ1n) is 7.74. The normalized spacial score (nSPS) is 21.8. The van der Waals surface area contributed by atoms with Crippen LogP contribution in [0.25, 0.3) is 5.69 Å². The zero-order valence-corrected chi connectivity index (χ0v) is 12.3. The number of benzene rings is 1. The number of ether oxygens (including phenoxy) is 1. The molecule has 0 amide bonds. The summed E-state index contributed by atoms with van der Waals surface area (Å²) in [5.41, 5.74) is 7.85. The first-order valence-corrected chi connectivity index (χ1v) is 7.74. The van der Waals surface area contributed by atoms with Gasteiger partial charge in [-0.3, -0.25) is 0 Å². The molecule has 1 aliphatic carbocycles. The van der Waals surface area contributed by atoms with Gasteiger partial charge in [0.25, 0.3) is 0 Å². The lowest BCUT2D eigenvalue weighted by Crippen LogP contribution is -2.22. The van der Waals surface area contributed by atoms with Gasteiger partial charge < -0.3 is 10.5 Å². The summed E-state index contributed by atoms with van der Waals surface area (Å²) in [6.45, 7) is 2.17. The molecule has 0 spiro atoms. The molecule has 2 atom stereocenters. The lowest BCUT2D eigenvalue weighted by molar-refractivity contribution is 0.0732. The van der Waals surface area contributed by atoms with Crippen LogP contribution in [0.3, 0.4) is 0 Å².